The maximum atomic E-state index is 5.33. The Balaban J connectivity index is 2.23. The molecule has 0 unspecified atom stereocenters. The van der Waals surface area contributed by atoms with Crippen molar-refractivity contribution in [3.8, 4) is 0 Å². The molecule has 0 bridgehead atoms. The molecular formula is C9H19N7. The van der Waals surface area contributed by atoms with Gasteiger partial charge in [0, 0.05) is 19.0 Å². The van der Waals surface area contributed by atoms with Crippen molar-refractivity contribution < 1.29 is 0 Å². The highest BCUT2D eigenvalue weighted by atomic mass is 15.3. The molecular weight excluding hydrogens is 206 g/mol. The van der Waals surface area contributed by atoms with Gasteiger partial charge < -0.3 is 5.32 Å². The number of aliphatic imine (C=N–C) groups is 1. The SMILES string of the molecule is CC(C)NC(=NCCCc1ncn[nH]1)NN. The van der Waals surface area contributed by atoms with Gasteiger partial charge in [0.25, 0.3) is 0 Å². The van der Waals surface area contributed by atoms with Gasteiger partial charge in [-0.25, -0.2) is 10.8 Å². The number of aromatic amines is 1. The van der Waals surface area contributed by atoms with Crippen LogP contribution in [0.1, 0.15) is 26.1 Å². The summed E-state index contributed by atoms with van der Waals surface area (Å²) in [6.45, 7) is 4.75. The molecule has 0 spiro atoms. The van der Waals surface area contributed by atoms with E-state index in [0.717, 1.165) is 18.7 Å². The van der Waals surface area contributed by atoms with Crippen molar-refractivity contribution in [3.05, 3.63) is 12.2 Å². The van der Waals surface area contributed by atoms with Crippen LogP contribution < -0.4 is 16.6 Å². The van der Waals surface area contributed by atoms with E-state index in [-0.39, 0.29) is 0 Å². The molecule has 5 N–H and O–H groups in total. The Morgan fingerprint density at radius 3 is 3.00 bits per heavy atom. The van der Waals surface area contributed by atoms with Gasteiger partial charge in [0.15, 0.2) is 0 Å². The normalized spacial score (nSPS) is 11.9. The fraction of sp³-hybridized carbons (Fsp3) is 0.667. The van der Waals surface area contributed by atoms with Crippen molar-refractivity contribution in [1.29, 1.82) is 0 Å². The van der Waals surface area contributed by atoms with Crippen LogP contribution in [0.5, 0.6) is 0 Å². The minimum atomic E-state index is 0.309. The second kappa shape index (κ2) is 6.78. The van der Waals surface area contributed by atoms with Crippen LogP contribution in [0.3, 0.4) is 0 Å². The minimum absolute atomic E-state index is 0.309. The highest BCUT2D eigenvalue weighted by Crippen LogP contribution is 1.93. The van der Waals surface area contributed by atoms with E-state index in [1.807, 2.05) is 13.8 Å². The fourth-order valence-electron chi connectivity index (χ4n) is 1.20. The average Bonchev–Trinajstić information content (AvgIpc) is 2.74. The molecule has 0 aliphatic heterocycles. The van der Waals surface area contributed by atoms with Gasteiger partial charge in [0.05, 0.1) is 0 Å². The average molecular weight is 225 g/mol. The summed E-state index contributed by atoms with van der Waals surface area (Å²) in [5, 5.41) is 9.68. The zero-order valence-electron chi connectivity index (χ0n) is 9.70. The molecule has 0 saturated carbocycles. The van der Waals surface area contributed by atoms with Crippen LogP contribution in [-0.2, 0) is 6.42 Å². The first kappa shape index (κ1) is 12.4. The number of hydrogen-bond donors (Lipinski definition) is 4. The van der Waals surface area contributed by atoms with Gasteiger partial charge in [-0.15, -0.1) is 0 Å². The lowest BCUT2D eigenvalue weighted by Crippen LogP contribution is -2.44. The summed E-state index contributed by atoms with van der Waals surface area (Å²) in [6.07, 6.45) is 3.25. The molecule has 0 radical (unpaired) electrons. The van der Waals surface area contributed by atoms with Crippen molar-refractivity contribution in [2.75, 3.05) is 6.54 Å². The van der Waals surface area contributed by atoms with E-state index in [0.29, 0.717) is 18.5 Å². The third-order valence-electron chi connectivity index (χ3n) is 1.87. The highest BCUT2D eigenvalue weighted by molar-refractivity contribution is 5.79. The molecule has 0 atom stereocenters. The van der Waals surface area contributed by atoms with Crippen LogP contribution >= 0.6 is 0 Å². The number of aryl methyl sites for hydroxylation is 1. The minimum Gasteiger partial charge on any atom is -0.353 e. The maximum Gasteiger partial charge on any atom is 0.205 e. The highest BCUT2D eigenvalue weighted by Gasteiger charge is 1.98. The van der Waals surface area contributed by atoms with E-state index < -0.39 is 0 Å². The molecule has 1 rings (SSSR count). The number of hydrazine groups is 1. The van der Waals surface area contributed by atoms with Crippen molar-refractivity contribution >= 4 is 5.96 Å². The summed E-state index contributed by atoms with van der Waals surface area (Å²) in [5.74, 6) is 6.83. The topological polar surface area (TPSA) is 104 Å². The molecule has 16 heavy (non-hydrogen) atoms. The molecule has 0 amide bonds. The molecule has 0 aliphatic carbocycles. The number of nitrogens with zero attached hydrogens (tertiary/aromatic N) is 3. The van der Waals surface area contributed by atoms with Crippen LogP contribution in [0.2, 0.25) is 0 Å². The van der Waals surface area contributed by atoms with E-state index in [2.05, 4.69) is 30.9 Å². The van der Waals surface area contributed by atoms with Crippen LogP contribution in [0, 0.1) is 0 Å². The molecule has 0 saturated heterocycles. The Bertz CT molecular complexity index is 304. The summed E-state index contributed by atoms with van der Waals surface area (Å²) in [6, 6.07) is 0.309. The van der Waals surface area contributed by atoms with Gasteiger partial charge in [-0.05, 0) is 20.3 Å². The number of rotatable bonds is 5. The van der Waals surface area contributed by atoms with Gasteiger partial charge >= 0.3 is 0 Å². The molecule has 7 nitrogen and oxygen atoms in total. The first-order chi connectivity index (χ1) is 7.72. The lowest BCUT2D eigenvalue weighted by Gasteiger charge is -2.11. The van der Waals surface area contributed by atoms with E-state index in [4.69, 9.17) is 5.84 Å². The quantitative estimate of drug-likeness (QED) is 0.179. The first-order valence-electron chi connectivity index (χ1n) is 5.34. The molecule has 1 aromatic rings. The summed E-state index contributed by atoms with van der Waals surface area (Å²) in [7, 11) is 0. The summed E-state index contributed by atoms with van der Waals surface area (Å²) >= 11 is 0. The molecule has 90 valence electrons. The smallest absolute Gasteiger partial charge is 0.205 e. The zero-order chi connectivity index (χ0) is 11.8. The summed E-state index contributed by atoms with van der Waals surface area (Å²) in [5.41, 5.74) is 2.53. The van der Waals surface area contributed by atoms with E-state index in [1.54, 1.807) is 0 Å². The van der Waals surface area contributed by atoms with Crippen LogP contribution in [0.4, 0.5) is 0 Å². The molecule has 0 aliphatic rings. The van der Waals surface area contributed by atoms with Crippen molar-refractivity contribution in [3.63, 3.8) is 0 Å². The Hall–Kier alpha value is -1.63. The molecule has 0 fully saturated rings. The zero-order valence-corrected chi connectivity index (χ0v) is 9.70. The third-order valence-corrected chi connectivity index (χ3v) is 1.87. The molecule has 0 aromatic carbocycles. The fourth-order valence-corrected chi connectivity index (χ4v) is 1.20. The predicted molar refractivity (Wildman–Crippen MR) is 62.6 cm³/mol. The van der Waals surface area contributed by atoms with Crippen LogP contribution in [0.15, 0.2) is 11.3 Å². The Labute approximate surface area is 94.9 Å². The summed E-state index contributed by atoms with van der Waals surface area (Å²) in [4.78, 5) is 8.32. The maximum absolute atomic E-state index is 5.33. The third kappa shape index (κ3) is 4.74. The number of guanidine groups is 1. The van der Waals surface area contributed by atoms with Crippen molar-refractivity contribution in [2.45, 2.75) is 32.7 Å². The number of nitrogens with two attached hydrogens (primary N) is 1. The predicted octanol–water partition coefficient (Wildman–Crippen LogP) is -0.445. The largest absolute Gasteiger partial charge is 0.353 e. The lowest BCUT2D eigenvalue weighted by molar-refractivity contribution is 0.696. The van der Waals surface area contributed by atoms with Crippen molar-refractivity contribution in [2.24, 2.45) is 10.8 Å². The number of H-pyrrole nitrogens is 1. The monoisotopic (exact) mass is 225 g/mol. The van der Waals surface area contributed by atoms with Gasteiger partial charge in [-0.2, -0.15) is 5.10 Å². The van der Waals surface area contributed by atoms with Gasteiger partial charge in [-0.1, -0.05) is 0 Å². The second-order valence-corrected chi connectivity index (χ2v) is 3.71. The summed E-state index contributed by atoms with van der Waals surface area (Å²) < 4.78 is 0. The Morgan fingerprint density at radius 1 is 1.62 bits per heavy atom. The van der Waals surface area contributed by atoms with E-state index in [1.165, 1.54) is 6.33 Å². The Kier molecular flexibility index (Phi) is 5.27. The number of aromatic nitrogens is 3. The van der Waals surface area contributed by atoms with E-state index >= 15 is 0 Å². The second-order valence-electron chi connectivity index (χ2n) is 3.71. The lowest BCUT2D eigenvalue weighted by atomic mass is 10.3. The Morgan fingerprint density at radius 2 is 2.44 bits per heavy atom. The standard InChI is InChI=1S/C9H19N7/c1-7(2)14-9(15-10)11-5-3-4-8-12-6-13-16-8/h6-7H,3-5,10H2,1-2H3,(H2,11,14,15)(H,12,13,16). The van der Waals surface area contributed by atoms with Gasteiger partial charge in [0.1, 0.15) is 12.2 Å². The van der Waals surface area contributed by atoms with Gasteiger partial charge in [0.2, 0.25) is 5.96 Å². The van der Waals surface area contributed by atoms with Crippen LogP contribution in [0.25, 0.3) is 0 Å². The van der Waals surface area contributed by atoms with E-state index in [9.17, 15) is 0 Å². The van der Waals surface area contributed by atoms with Crippen LogP contribution in [-0.4, -0.2) is 33.7 Å². The first-order valence-corrected chi connectivity index (χ1v) is 5.34. The molecule has 1 heterocycles. The number of hydrogen-bond acceptors (Lipinski definition) is 4. The molecule has 1 aromatic heterocycles. The van der Waals surface area contributed by atoms with Gasteiger partial charge in [-0.3, -0.25) is 15.5 Å². The number of nitrogens with one attached hydrogen (secondary N) is 3. The molecule has 7 heteroatoms. The van der Waals surface area contributed by atoms with Crippen molar-refractivity contribution in [1.82, 2.24) is 25.9 Å².